The monoisotopic (exact) mass is 525 g/mol. The van der Waals surface area contributed by atoms with Gasteiger partial charge in [-0.2, -0.15) is 0 Å². The number of hydrogen-bond donors (Lipinski definition) is 2. The first-order valence-corrected chi connectivity index (χ1v) is 12.8. The summed E-state index contributed by atoms with van der Waals surface area (Å²) in [6.45, 7) is 2.12. The lowest BCUT2D eigenvalue weighted by molar-refractivity contribution is -0.147. The van der Waals surface area contributed by atoms with E-state index in [2.05, 4.69) is 5.32 Å². The quantitative estimate of drug-likeness (QED) is 0.352. The minimum absolute atomic E-state index is 0.0316. The van der Waals surface area contributed by atoms with Crippen LogP contribution in [0.15, 0.2) is 102 Å². The second-order valence-corrected chi connectivity index (χ2v) is 9.50. The van der Waals surface area contributed by atoms with Gasteiger partial charge in [-0.15, -0.1) is 0 Å². The van der Waals surface area contributed by atoms with Crippen LogP contribution in [0.2, 0.25) is 0 Å². The van der Waals surface area contributed by atoms with E-state index >= 15 is 0 Å². The van der Waals surface area contributed by atoms with E-state index in [9.17, 15) is 14.7 Å². The Hall–Kier alpha value is -4.40. The fourth-order valence-corrected chi connectivity index (χ4v) is 4.78. The van der Waals surface area contributed by atoms with Crippen molar-refractivity contribution in [2.45, 2.75) is 38.8 Å². The number of nitrogens with zero attached hydrogens (tertiary/aromatic N) is 2. The van der Waals surface area contributed by atoms with E-state index in [1.165, 1.54) is 0 Å². The molecule has 0 aliphatic carbocycles. The number of amides is 1. The molecule has 1 aliphatic heterocycles. The standard InChI is InChI=1S/C31H31N3O5/c1-21-29(31(37)34(33(21)2)26-11-7-4-8-12-26)24-17-27(30(36)32-25-9-5-3-6-10-25)39-28(18-24)38-20-23-15-13-22(19-35)14-16-23/h3-17,24,28,35H,18-20H2,1-2H3,(H,32,36)/t24-,28+/m1/s1. The third-order valence-corrected chi connectivity index (χ3v) is 6.92. The Morgan fingerprint density at radius 2 is 1.64 bits per heavy atom. The van der Waals surface area contributed by atoms with Crippen LogP contribution in [0.4, 0.5) is 5.69 Å². The summed E-state index contributed by atoms with van der Waals surface area (Å²) >= 11 is 0. The van der Waals surface area contributed by atoms with Gasteiger partial charge in [0.2, 0.25) is 6.29 Å². The van der Waals surface area contributed by atoms with Crippen LogP contribution < -0.4 is 10.9 Å². The lowest BCUT2D eigenvalue weighted by atomic mass is 9.93. The number of anilines is 1. The second-order valence-electron chi connectivity index (χ2n) is 9.50. The van der Waals surface area contributed by atoms with Crippen LogP contribution in [-0.4, -0.2) is 26.7 Å². The Bertz CT molecular complexity index is 1520. The Morgan fingerprint density at radius 3 is 2.31 bits per heavy atom. The summed E-state index contributed by atoms with van der Waals surface area (Å²) in [4.78, 5) is 27.0. The number of hydrogen-bond acceptors (Lipinski definition) is 5. The second kappa shape index (κ2) is 11.6. The Kier molecular flexibility index (Phi) is 7.76. The summed E-state index contributed by atoms with van der Waals surface area (Å²) in [6.07, 6.45) is 1.33. The van der Waals surface area contributed by atoms with Crippen molar-refractivity contribution in [3.8, 4) is 5.69 Å². The number of rotatable bonds is 8. The smallest absolute Gasteiger partial charge is 0.290 e. The van der Waals surface area contributed by atoms with Gasteiger partial charge in [-0.25, -0.2) is 4.68 Å². The van der Waals surface area contributed by atoms with E-state index in [1.54, 1.807) is 22.9 Å². The van der Waals surface area contributed by atoms with E-state index in [1.807, 2.05) is 91.4 Å². The Morgan fingerprint density at radius 1 is 1.00 bits per heavy atom. The summed E-state index contributed by atoms with van der Waals surface area (Å²) < 4.78 is 15.6. The summed E-state index contributed by atoms with van der Waals surface area (Å²) in [6, 6.07) is 26.0. The zero-order valence-electron chi connectivity index (χ0n) is 21.9. The summed E-state index contributed by atoms with van der Waals surface area (Å²) in [7, 11) is 1.85. The minimum Gasteiger partial charge on any atom is -0.459 e. The highest BCUT2D eigenvalue weighted by Crippen LogP contribution is 2.33. The highest BCUT2D eigenvalue weighted by molar-refractivity contribution is 6.02. The fraction of sp³-hybridized carbons (Fsp3) is 0.226. The molecule has 5 rings (SSSR count). The fourth-order valence-electron chi connectivity index (χ4n) is 4.78. The maximum atomic E-state index is 13.7. The molecule has 1 aromatic heterocycles. The molecule has 0 saturated heterocycles. The van der Waals surface area contributed by atoms with Crippen molar-refractivity contribution in [3.63, 3.8) is 0 Å². The van der Waals surface area contributed by atoms with Crippen LogP contribution in [0.5, 0.6) is 0 Å². The molecule has 2 atom stereocenters. The van der Waals surface area contributed by atoms with Crippen molar-refractivity contribution in [2.75, 3.05) is 5.32 Å². The van der Waals surface area contributed by atoms with Crippen LogP contribution in [0.3, 0.4) is 0 Å². The molecule has 8 heteroatoms. The van der Waals surface area contributed by atoms with Crippen molar-refractivity contribution in [1.82, 2.24) is 9.36 Å². The largest absolute Gasteiger partial charge is 0.459 e. The molecule has 0 spiro atoms. The molecule has 0 fully saturated rings. The minimum atomic E-state index is -0.752. The number of aliphatic hydroxyl groups excluding tert-OH is 1. The lowest BCUT2D eigenvalue weighted by Gasteiger charge is -2.29. The van der Waals surface area contributed by atoms with Crippen molar-refractivity contribution in [3.05, 3.63) is 130 Å². The lowest BCUT2D eigenvalue weighted by Crippen LogP contribution is -2.31. The topological polar surface area (TPSA) is 94.7 Å². The number of carbonyl (C=O) groups excluding carboxylic acids is 1. The highest BCUT2D eigenvalue weighted by atomic mass is 16.7. The number of aliphatic hydroxyl groups is 1. The van der Waals surface area contributed by atoms with Crippen molar-refractivity contribution < 1.29 is 19.4 Å². The van der Waals surface area contributed by atoms with Gasteiger partial charge in [0.05, 0.1) is 18.9 Å². The molecule has 1 aliphatic rings. The molecule has 0 radical (unpaired) electrons. The number of aromatic nitrogens is 2. The highest BCUT2D eigenvalue weighted by Gasteiger charge is 2.33. The van der Waals surface area contributed by atoms with Crippen LogP contribution in [0, 0.1) is 6.92 Å². The molecule has 0 bridgehead atoms. The van der Waals surface area contributed by atoms with E-state index < -0.39 is 18.1 Å². The van der Waals surface area contributed by atoms with Gasteiger partial charge in [-0.3, -0.25) is 14.3 Å². The van der Waals surface area contributed by atoms with E-state index in [0.717, 1.165) is 22.5 Å². The van der Waals surface area contributed by atoms with Crippen LogP contribution in [0.25, 0.3) is 5.69 Å². The van der Waals surface area contributed by atoms with Crippen LogP contribution >= 0.6 is 0 Å². The normalized spacial score (nSPS) is 16.8. The number of ether oxygens (including phenoxy) is 2. The number of benzene rings is 3. The molecular weight excluding hydrogens is 494 g/mol. The molecule has 0 unspecified atom stereocenters. The molecule has 2 N–H and O–H groups in total. The van der Waals surface area contributed by atoms with Crippen molar-refractivity contribution in [2.24, 2.45) is 7.05 Å². The van der Waals surface area contributed by atoms with E-state index in [0.29, 0.717) is 17.7 Å². The third-order valence-electron chi connectivity index (χ3n) is 6.92. The summed E-state index contributed by atoms with van der Waals surface area (Å²) in [5, 5.41) is 12.2. The molecule has 8 nitrogen and oxygen atoms in total. The third kappa shape index (κ3) is 5.72. The van der Waals surface area contributed by atoms with Gasteiger partial charge in [0.25, 0.3) is 11.5 Å². The predicted octanol–water partition coefficient (Wildman–Crippen LogP) is 4.55. The Balaban J connectivity index is 1.46. The van der Waals surface area contributed by atoms with Gasteiger partial charge in [0, 0.05) is 36.3 Å². The maximum absolute atomic E-state index is 13.7. The van der Waals surface area contributed by atoms with Crippen LogP contribution in [0.1, 0.15) is 34.7 Å². The first-order valence-electron chi connectivity index (χ1n) is 12.8. The molecule has 39 heavy (non-hydrogen) atoms. The first-order chi connectivity index (χ1) is 18.9. The molecular formula is C31H31N3O5. The summed E-state index contributed by atoms with van der Waals surface area (Å²) in [5.74, 6) is -0.714. The number of para-hydroxylation sites is 2. The SMILES string of the molecule is Cc1c([C@@H]2C=C(C(=O)Nc3ccccc3)O[C@H](OCc3ccc(CO)cc3)C2)c(=O)n(-c2ccccc2)n1C. The molecule has 3 aromatic carbocycles. The van der Waals surface area contributed by atoms with Crippen molar-refractivity contribution >= 4 is 11.6 Å². The molecule has 1 amide bonds. The summed E-state index contributed by atoms with van der Waals surface area (Å²) in [5.41, 5.74) is 4.35. The number of allylic oxidation sites excluding steroid dienone is 1. The maximum Gasteiger partial charge on any atom is 0.290 e. The predicted molar refractivity (Wildman–Crippen MR) is 148 cm³/mol. The average Bonchev–Trinajstić information content (AvgIpc) is 3.20. The van der Waals surface area contributed by atoms with Crippen LogP contribution in [-0.2, 0) is 34.5 Å². The molecule has 200 valence electrons. The molecule has 0 saturated carbocycles. The Labute approximate surface area is 226 Å². The van der Waals surface area contributed by atoms with Gasteiger partial charge in [0.15, 0.2) is 5.76 Å². The molecule has 4 aromatic rings. The van der Waals surface area contributed by atoms with Gasteiger partial charge in [-0.1, -0.05) is 60.7 Å². The average molecular weight is 526 g/mol. The first kappa shape index (κ1) is 26.2. The zero-order valence-corrected chi connectivity index (χ0v) is 21.9. The van der Waals surface area contributed by atoms with E-state index in [4.69, 9.17) is 9.47 Å². The van der Waals surface area contributed by atoms with E-state index in [-0.39, 0.29) is 24.5 Å². The van der Waals surface area contributed by atoms with Crippen molar-refractivity contribution in [1.29, 1.82) is 0 Å². The number of carbonyl (C=O) groups is 1. The van der Waals surface area contributed by atoms with Gasteiger partial charge >= 0.3 is 0 Å². The zero-order chi connectivity index (χ0) is 27.4. The van der Waals surface area contributed by atoms with Gasteiger partial charge in [-0.05, 0) is 48.4 Å². The van der Waals surface area contributed by atoms with Gasteiger partial charge < -0.3 is 19.9 Å². The molecule has 2 heterocycles. The van der Waals surface area contributed by atoms with Gasteiger partial charge in [0.1, 0.15) is 0 Å². The number of nitrogens with one attached hydrogen (secondary N) is 1.